The SMILES string of the molecule is CC(=O)O[C@@H]1C[C@H]2[C@@]3(C)CCCC(C)(C)[C@H]3CC[C@@]2(C)[C@@H]2C=Cc3cn(C)cc3[C@@]12C. The lowest BCUT2D eigenvalue weighted by molar-refractivity contribution is -0.205. The molecule has 7 atom stereocenters. The number of rotatable bonds is 1. The Labute approximate surface area is 188 Å². The molecule has 0 saturated heterocycles. The summed E-state index contributed by atoms with van der Waals surface area (Å²) in [5.41, 5.74) is 3.44. The Hall–Kier alpha value is -1.51. The van der Waals surface area contributed by atoms with Crippen molar-refractivity contribution in [2.24, 2.45) is 41.0 Å². The third kappa shape index (κ3) is 2.74. The predicted octanol–water partition coefficient (Wildman–Crippen LogP) is 6.51. The first-order valence-electron chi connectivity index (χ1n) is 12.4. The molecule has 1 heterocycles. The van der Waals surface area contributed by atoms with E-state index in [0.717, 1.165) is 12.3 Å². The summed E-state index contributed by atoms with van der Waals surface area (Å²) in [6.07, 6.45) is 16.9. The van der Waals surface area contributed by atoms with Crippen molar-refractivity contribution in [3.05, 3.63) is 29.6 Å². The monoisotopic (exact) mass is 423 g/mol. The Morgan fingerprint density at radius 1 is 1.03 bits per heavy atom. The first-order chi connectivity index (χ1) is 14.4. The van der Waals surface area contributed by atoms with Gasteiger partial charge in [0.05, 0.1) is 0 Å². The van der Waals surface area contributed by atoms with E-state index < -0.39 is 0 Å². The topological polar surface area (TPSA) is 31.2 Å². The van der Waals surface area contributed by atoms with Gasteiger partial charge in [-0.15, -0.1) is 0 Å². The zero-order valence-electron chi connectivity index (χ0n) is 20.6. The van der Waals surface area contributed by atoms with Crippen LogP contribution in [0.4, 0.5) is 0 Å². The van der Waals surface area contributed by atoms with E-state index in [1.165, 1.54) is 43.2 Å². The van der Waals surface area contributed by atoms with Crippen LogP contribution in [0.3, 0.4) is 0 Å². The molecule has 5 rings (SSSR count). The fourth-order valence-corrected chi connectivity index (χ4v) is 9.46. The Morgan fingerprint density at radius 3 is 2.48 bits per heavy atom. The van der Waals surface area contributed by atoms with Crippen LogP contribution in [0.5, 0.6) is 0 Å². The van der Waals surface area contributed by atoms with Gasteiger partial charge < -0.3 is 9.30 Å². The molecule has 0 bridgehead atoms. The van der Waals surface area contributed by atoms with Crippen LogP contribution in [0, 0.1) is 34.0 Å². The van der Waals surface area contributed by atoms with E-state index in [1.807, 2.05) is 0 Å². The number of aryl methyl sites for hydroxylation is 1. The van der Waals surface area contributed by atoms with Crippen LogP contribution in [0.1, 0.15) is 91.2 Å². The number of fused-ring (bicyclic) bond motifs is 7. The van der Waals surface area contributed by atoms with Gasteiger partial charge in [0.15, 0.2) is 0 Å². The Morgan fingerprint density at radius 2 is 1.77 bits per heavy atom. The van der Waals surface area contributed by atoms with Gasteiger partial charge in [-0.3, -0.25) is 4.79 Å². The zero-order chi connectivity index (χ0) is 22.4. The minimum Gasteiger partial charge on any atom is -0.462 e. The quantitative estimate of drug-likeness (QED) is 0.482. The number of nitrogens with zero attached hydrogens (tertiary/aromatic N) is 1. The van der Waals surface area contributed by atoms with Crippen molar-refractivity contribution >= 4 is 12.0 Å². The number of aromatic nitrogens is 1. The lowest BCUT2D eigenvalue weighted by Crippen LogP contribution is -2.66. The largest absolute Gasteiger partial charge is 0.462 e. The number of hydrogen-bond acceptors (Lipinski definition) is 2. The van der Waals surface area contributed by atoms with Gasteiger partial charge in [0, 0.05) is 31.8 Å². The molecule has 3 fully saturated rings. The highest BCUT2D eigenvalue weighted by atomic mass is 16.5. The van der Waals surface area contributed by atoms with Crippen LogP contribution >= 0.6 is 0 Å². The van der Waals surface area contributed by atoms with Crippen molar-refractivity contribution in [3.8, 4) is 0 Å². The van der Waals surface area contributed by atoms with E-state index in [4.69, 9.17) is 4.74 Å². The highest BCUT2D eigenvalue weighted by Crippen LogP contribution is 2.72. The minimum absolute atomic E-state index is 0.0696. The van der Waals surface area contributed by atoms with Gasteiger partial charge >= 0.3 is 5.97 Å². The second-order valence-corrected chi connectivity index (χ2v) is 12.7. The van der Waals surface area contributed by atoms with Crippen LogP contribution in [0.2, 0.25) is 0 Å². The molecule has 4 aliphatic carbocycles. The average Bonchev–Trinajstić information content (AvgIpc) is 3.04. The summed E-state index contributed by atoms with van der Waals surface area (Å²) in [5.74, 6) is 1.59. The second-order valence-electron chi connectivity index (χ2n) is 12.7. The highest BCUT2D eigenvalue weighted by molar-refractivity contribution is 5.67. The number of esters is 1. The molecular formula is C28H41NO2. The van der Waals surface area contributed by atoms with Crippen LogP contribution < -0.4 is 0 Å². The molecule has 0 spiro atoms. The Kier molecular flexibility index (Phi) is 4.48. The van der Waals surface area contributed by atoms with Crippen molar-refractivity contribution in [2.75, 3.05) is 0 Å². The van der Waals surface area contributed by atoms with Crippen molar-refractivity contribution in [1.82, 2.24) is 4.57 Å². The molecule has 0 radical (unpaired) electrons. The third-order valence-corrected chi connectivity index (χ3v) is 10.7. The van der Waals surface area contributed by atoms with Gasteiger partial charge in [0.25, 0.3) is 0 Å². The third-order valence-electron chi connectivity index (χ3n) is 10.7. The maximum Gasteiger partial charge on any atom is 0.302 e. The smallest absolute Gasteiger partial charge is 0.302 e. The van der Waals surface area contributed by atoms with Crippen molar-refractivity contribution in [2.45, 2.75) is 91.6 Å². The number of hydrogen-bond donors (Lipinski definition) is 0. The standard InChI is InChI=1S/C28H41NO2/c1-18(30)31-24-15-23-26(4)13-8-12-25(2,3)21(26)11-14-27(23,5)22-10-9-19-16-29(7)17-20(19)28(22,24)6/h9-10,16-17,21-24H,8,11-15H2,1-7H3/t21-,22+,23+,24-,26+,27+,28-/m1/s1. The summed E-state index contributed by atoms with van der Waals surface area (Å²) in [6, 6.07) is 0. The molecular weight excluding hydrogens is 382 g/mol. The summed E-state index contributed by atoms with van der Waals surface area (Å²) < 4.78 is 8.39. The van der Waals surface area contributed by atoms with Gasteiger partial charge in [0.1, 0.15) is 6.10 Å². The number of ether oxygens (including phenoxy) is 1. The first kappa shape index (κ1) is 21.3. The van der Waals surface area contributed by atoms with E-state index in [-0.39, 0.29) is 22.9 Å². The van der Waals surface area contributed by atoms with Gasteiger partial charge in [-0.1, -0.05) is 53.2 Å². The molecule has 3 saturated carbocycles. The summed E-state index contributed by atoms with van der Waals surface area (Å²) in [4.78, 5) is 12.3. The lowest BCUT2D eigenvalue weighted by atomic mass is 9.36. The molecule has 31 heavy (non-hydrogen) atoms. The molecule has 0 amide bonds. The van der Waals surface area contributed by atoms with Crippen molar-refractivity contribution < 1.29 is 9.53 Å². The van der Waals surface area contributed by atoms with E-state index in [0.29, 0.717) is 22.7 Å². The summed E-state index contributed by atoms with van der Waals surface area (Å²) in [6.45, 7) is 14.1. The molecule has 170 valence electrons. The minimum atomic E-state index is -0.171. The second kappa shape index (κ2) is 6.51. The summed E-state index contributed by atoms with van der Waals surface area (Å²) in [5, 5.41) is 0. The van der Waals surface area contributed by atoms with E-state index in [1.54, 1.807) is 6.92 Å². The summed E-state index contributed by atoms with van der Waals surface area (Å²) in [7, 11) is 2.11. The fraction of sp³-hybridized carbons (Fsp3) is 0.750. The number of allylic oxidation sites excluding steroid dienone is 1. The van der Waals surface area contributed by atoms with Gasteiger partial charge in [-0.05, 0) is 77.2 Å². The maximum absolute atomic E-state index is 12.3. The van der Waals surface area contributed by atoms with Crippen LogP contribution in [0.25, 0.3) is 6.08 Å². The van der Waals surface area contributed by atoms with Crippen LogP contribution in [0.15, 0.2) is 18.5 Å². The molecule has 0 aliphatic heterocycles. The van der Waals surface area contributed by atoms with E-state index >= 15 is 0 Å². The van der Waals surface area contributed by atoms with E-state index in [2.05, 4.69) is 70.8 Å². The van der Waals surface area contributed by atoms with Gasteiger partial charge in [0.2, 0.25) is 0 Å². The average molecular weight is 424 g/mol. The zero-order valence-corrected chi connectivity index (χ0v) is 20.6. The molecule has 3 nitrogen and oxygen atoms in total. The normalized spacial score (nSPS) is 45.1. The fourth-order valence-electron chi connectivity index (χ4n) is 9.46. The van der Waals surface area contributed by atoms with Gasteiger partial charge in [-0.2, -0.15) is 0 Å². The summed E-state index contributed by atoms with van der Waals surface area (Å²) >= 11 is 0. The molecule has 4 aliphatic rings. The van der Waals surface area contributed by atoms with E-state index in [9.17, 15) is 4.79 Å². The maximum atomic E-state index is 12.3. The first-order valence-corrected chi connectivity index (χ1v) is 12.4. The van der Waals surface area contributed by atoms with Crippen LogP contribution in [-0.4, -0.2) is 16.6 Å². The number of carbonyl (C=O) groups excluding carboxylic acids is 1. The number of carbonyl (C=O) groups is 1. The molecule has 0 unspecified atom stereocenters. The highest BCUT2D eigenvalue weighted by Gasteiger charge is 2.67. The van der Waals surface area contributed by atoms with Crippen molar-refractivity contribution in [1.29, 1.82) is 0 Å². The van der Waals surface area contributed by atoms with Crippen LogP contribution in [-0.2, 0) is 22.0 Å². The Balaban J connectivity index is 1.66. The molecule has 0 aromatic carbocycles. The van der Waals surface area contributed by atoms with Crippen molar-refractivity contribution in [3.63, 3.8) is 0 Å². The predicted molar refractivity (Wildman–Crippen MR) is 126 cm³/mol. The van der Waals surface area contributed by atoms with Gasteiger partial charge in [-0.25, -0.2) is 0 Å². The molecule has 0 N–H and O–H groups in total. The molecule has 1 aromatic heterocycles. The lowest BCUT2D eigenvalue weighted by Gasteiger charge is -2.69. The molecule has 1 aromatic rings. The Bertz CT molecular complexity index is 941. The molecule has 3 heteroatoms.